The van der Waals surface area contributed by atoms with Gasteiger partial charge in [0.25, 0.3) is 5.70 Å². The Balaban J connectivity index is 2.12. The van der Waals surface area contributed by atoms with E-state index in [1.54, 1.807) is 19.1 Å². The second-order valence-corrected chi connectivity index (χ2v) is 9.43. The predicted octanol–water partition coefficient (Wildman–Crippen LogP) is 4.19. The molecule has 0 spiro atoms. The molecule has 0 N–H and O–H groups in total. The van der Waals surface area contributed by atoms with Gasteiger partial charge in [-0.3, -0.25) is 10.1 Å². The summed E-state index contributed by atoms with van der Waals surface area (Å²) in [4.78, 5) is 11.6. The van der Waals surface area contributed by atoms with E-state index in [-0.39, 0.29) is 23.7 Å². The monoisotopic (exact) mass is 412 g/mol. The highest BCUT2D eigenvalue weighted by atomic mass is 32.2. The van der Waals surface area contributed by atoms with Crippen molar-refractivity contribution >= 4 is 15.6 Å². The van der Waals surface area contributed by atoms with Gasteiger partial charge in [-0.05, 0) is 38.5 Å². The van der Waals surface area contributed by atoms with Gasteiger partial charge in [0.05, 0.1) is 9.82 Å². The van der Waals surface area contributed by atoms with Crippen LogP contribution in [0.1, 0.15) is 23.6 Å². The Morgan fingerprint density at radius 2 is 1.59 bits per heavy atom. The van der Waals surface area contributed by atoms with Gasteiger partial charge in [-0.25, -0.2) is 8.42 Å². The van der Waals surface area contributed by atoms with Crippen molar-refractivity contribution in [2.45, 2.75) is 25.7 Å². The molecule has 1 unspecified atom stereocenters. The van der Waals surface area contributed by atoms with Crippen LogP contribution in [0.15, 0.2) is 71.3 Å². The maximum atomic E-state index is 13.2. The lowest BCUT2D eigenvalue weighted by Gasteiger charge is -2.33. The second-order valence-electron chi connectivity index (χ2n) is 7.49. The van der Waals surface area contributed by atoms with E-state index in [9.17, 15) is 18.5 Å². The molecule has 1 heterocycles. The average Bonchev–Trinajstić information content (AvgIpc) is 2.67. The van der Waals surface area contributed by atoms with Gasteiger partial charge in [-0.2, -0.15) is 4.31 Å². The molecule has 0 amide bonds. The molecule has 152 valence electrons. The number of aryl methyl sites for hydroxylation is 2. The highest BCUT2D eigenvalue weighted by Crippen LogP contribution is 2.38. The maximum absolute atomic E-state index is 13.2. The number of rotatable bonds is 5. The number of hydrogen-bond acceptors (Lipinski definition) is 4. The molecule has 0 bridgehead atoms. The maximum Gasteiger partial charge on any atom is 0.265 e. The molecule has 3 rings (SSSR count). The minimum absolute atomic E-state index is 0.108. The van der Waals surface area contributed by atoms with E-state index < -0.39 is 20.9 Å². The third kappa shape index (κ3) is 4.16. The summed E-state index contributed by atoms with van der Waals surface area (Å²) in [6, 6.07) is 14.0. The highest BCUT2D eigenvalue weighted by Gasteiger charge is 2.40. The molecule has 2 aromatic rings. The first-order chi connectivity index (χ1) is 13.6. The summed E-state index contributed by atoms with van der Waals surface area (Å²) in [5, 5.41) is 11.9. The molecule has 0 saturated carbocycles. The quantitative estimate of drug-likeness (QED) is 0.419. The average molecular weight is 413 g/mol. The third-order valence-corrected chi connectivity index (χ3v) is 7.03. The highest BCUT2D eigenvalue weighted by molar-refractivity contribution is 7.89. The Bertz CT molecular complexity index is 1080. The van der Waals surface area contributed by atoms with Gasteiger partial charge < -0.3 is 0 Å². The number of nitro groups is 1. The summed E-state index contributed by atoms with van der Waals surface area (Å²) in [7, 11) is -3.87. The zero-order valence-corrected chi connectivity index (χ0v) is 17.6. The van der Waals surface area contributed by atoms with E-state index >= 15 is 0 Å². The van der Waals surface area contributed by atoms with Crippen LogP contribution in [-0.2, 0) is 10.0 Å². The van der Waals surface area contributed by atoms with Gasteiger partial charge >= 0.3 is 0 Å². The molecular weight excluding hydrogens is 388 g/mol. The number of sulfonamides is 1. The van der Waals surface area contributed by atoms with E-state index in [1.165, 1.54) is 16.4 Å². The van der Waals surface area contributed by atoms with Crippen molar-refractivity contribution in [2.24, 2.45) is 5.92 Å². The summed E-state index contributed by atoms with van der Waals surface area (Å²) in [5.41, 5.74) is 3.83. The summed E-state index contributed by atoms with van der Waals surface area (Å²) < 4.78 is 27.5. The standard InChI is InChI=1S/C22H24N2O4S/c1-15(2)20-13-23(29(27,28)19-11-7-17(4)8-12-19)14-21(24(25)26)22(20)18-9-5-16(3)6-10-18/h5-12,20H,1,13-14H2,2-4H3. The Morgan fingerprint density at radius 3 is 2.07 bits per heavy atom. The van der Waals surface area contributed by atoms with Gasteiger partial charge in [0.1, 0.15) is 6.54 Å². The second kappa shape index (κ2) is 7.93. The molecule has 1 aliphatic rings. The molecule has 0 radical (unpaired) electrons. The lowest BCUT2D eigenvalue weighted by molar-refractivity contribution is -0.427. The van der Waals surface area contributed by atoms with Crippen molar-refractivity contribution in [3.8, 4) is 0 Å². The fourth-order valence-corrected chi connectivity index (χ4v) is 4.93. The van der Waals surface area contributed by atoms with E-state index in [0.717, 1.165) is 16.7 Å². The summed E-state index contributed by atoms with van der Waals surface area (Å²) in [6.45, 7) is 9.42. The van der Waals surface area contributed by atoms with E-state index in [4.69, 9.17) is 0 Å². The van der Waals surface area contributed by atoms with Crippen molar-refractivity contribution in [3.63, 3.8) is 0 Å². The van der Waals surface area contributed by atoms with Crippen LogP contribution in [0, 0.1) is 29.9 Å². The largest absolute Gasteiger partial charge is 0.265 e. The topological polar surface area (TPSA) is 80.5 Å². The fourth-order valence-electron chi connectivity index (χ4n) is 3.51. The molecule has 0 saturated heterocycles. The lowest BCUT2D eigenvalue weighted by Crippen LogP contribution is -2.42. The molecule has 0 aromatic heterocycles. The fraction of sp³-hybridized carbons (Fsp3) is 0.273. The molecule has 1 atom stereocenters. The van der Waals surface area contributed by atoms with Gasteiger partial charge in [-0.1, -0.05) is 59.7 Å². The van der Waals surface area contributed by atoms with Crippen LogP contribution in [0.3, 0.4) is 0 Å². The summed E-state index contributed by atoms with van der Waals surface area (Å²) in [6.07, 6.45) is 0. The lowest BCUT2D eigenvalue weighted by atomic mass is 9.84. The Labute approximate surface area is 171 Å². The first-order valence-corrected chi connectivity index (χ1v) is 10.7. The molecule has 7 heteroatoms. The van der Waals surface area contributed by atoms with Crippen molar-refractivity contribution in [1.29, 1.82) is 0 Å². The molecule has 6 nitrogen and oxygen atoms in total. The van der Waals surface area contributed by atoms with Gasteiger partial charge in [0, 0.05) is 18.0 Å². The summed E-state index contributed by atoms with van der Waals surface area (Å²) in [5.74, 6) is -0.466. The Morgan fingerprint density at radius 1 is 1.07 bits per heavy atom. The molecule has 1 aliphatic heterocycles. The van der Waals surface area contributed by atoms with Gasteiger partial charge in [-0.15, -0.1) is 0 Å². The van der Waals surface area contributed by atoms with E-state index in [2.05, 4.69) is 6.58 Å². The van der Waals surface area contributed by atoms with Crippen molar-refractivity contribution < 1.29 is 13.3 Å². The van der Waals surface area contributed by atoms with Gasteiger partial charge in [0.15, 0.2) is 0 Å². The smallest absolute Gasteiger partial charge is 0.259 e. The Kier molecular flexibility index (Phi) is 5.73. The van der Waals surface area contributed by atoms with Gasteiger partial charge in [0.2, 0.25) is 10.0 Å². The first-order valence-electron chi connectivity index (χ1n) is 9.28. The zero-order valence-electron chi connectivity index (χ0n) is 16.8. The molecular formula is C22H24N2O4S. The number of nitrogens with zero attached hydrogens (tertiary/aromatic N) is 2. The van der Waals surface area contributed by atoms with Crippen LogP contribution in [0.4, 0.5) is 0 Å². The Hall–Kier alpha value is -2.77. The molecule has 0 aliphatic carbocycles. The van der Waals surface area contributed by atoms with Crippen LogP contribution in [0.5, 0.6) is 0 Å². The van der Waals surface area contributed by atoms with E-state index in [0.29, 0.717) is 11.1 Å². The van der Waals surface area contributed by atoms with Crippen LogP contribution in [-0.4, -0.2) is 30.7 Å². The molecule has 2 aromatic carbocycles. The zero-order chi connectivity index (χ0) is 21.3. The van der Waals surface area contributed by atoms with Crippen LogP contribution >= 0.6 is 0 Å². The van der Waals surface area contributed by atoms with Crippen molar-refractivity contribution in [1.82, 2.24) is 4.31 Å². The first kappa shape index (κ1) is 21.0. The summed E-state index contributed by atoms with van der Waals surface area (Å²) >= 11 is 0. The SMILES string of the molecule is C=C(C)C1CN(S(=O)(=O)c2ccc(C)cc2)CC([N+](=O)[O-])=C1c1ccc(C)cc1. The predicted molar refractivity (Wildman–Crippen MR) is 113 cm³/mol. The molecule has 0 fully saturated rings. The van der Waals surface area contributed by atoms with Crippen LogP contribution in [0.25, 0.3) is 5.57 Å². The third-order valence-electron chi connectivity index (χ3n) is 5.21. The molecule has 29 heavy (non-hydrogen) atoms. The number of benzene rings is 2. The van der Waals surface area contributed by atoms with Crippen LogP contribution < -0.4 is 0 Å². The number of hydrogen-bond donors (Lipinski definition) is 0. The minimum atomic E-state index is -3.87. The normalized spacial score (nSPS) is 18.0. The van der Waals surface area contributed by atoms with Crippen molar-refractivity contribution in [2.75, 3.05) is 13.1 Å². The van der Waals surface area contributed by atoms with Crippen molar-refractivity contribution in [3.05, 3.63) is 93.2 Å². The van der Waals surface area contributed by atoms with Crippen LogP contribution in [0.2, 0.25) is 0 Å². The van der Waals surface area contributed by atoms with E-state index in [1.807, 2.05) is 38.1 Å². The minimum Gasteiger partial charge on any atom is -0.259 e.